The van der Waals surface area contributed by atoms with Gasteiger partial charge in [0.05, 0.1) is 12.4 Å². The molecule has 104 valence electrons. The monoisotopic (exact) mass is 282 g/mol. The second kappa shape index (κ2) is 7.14. The smallest absolute Gasteiger partial charge is 0.322 e. The Morgan fingerprint density at radius 1 is 1.21 bits per heavy atom. The van der Waals surface area contributed by atoms with E-state index in [1.807, 2.05) is 32.0 Å². The van der Waals surface area contributed by atoms with Crippen LogP contribution in [0.15, 0.2) is 18.2 Å². The maximum atomic E-state index is 11.6. The molecule has 5 heteroatoms. The fourth-order valence-corrected chi connectivity index (χ4v) is 2.13. The number of hydrogen-bond donors (Lipinski definition) is 1. The van der Waals surface area contributed by atoms with Gasteiger partial charge in [0.2, 0.25) is 5.91 Å². The zero-order valence-corrected chi connectivity index (χ0v) is 12.3. The van der Waals surface area contributed by atoms with Crippen LogP contribution < -0.4 is 10.2 Å². The van der Waals surface area contributed by atoms with Gasteiger partial charge in [-0.2, -0.15) is 0 Å². The fourth-order valence-electron chi connectivity index (χ4n) is 1.98. The Hall–Kier alpha value is -1.55. The summed E-state index contributed by atoms with van der Waals surface area (Å²) < 4.78 is 0. The maximum Gasteiger partial charge on any atom is 0.322 e. The molecule has 0 saturated carbocycles. The quantitative estimate of drug-likeness (QED) is 0.513. The van der Waals surface area contributed by atoms with E-state index in [1.165, 1.54) is 11.8 Å². The molecule has 4 nitrogen and oxygen atoms in total. The molecule has 0 bridgehead atoms. The highest BCUT2D eigenvalue weighted by molar-refractivity contribution is 6.66. The third-order valence-corrected chi connectivity index (χ3v) is 3.14. The van der Waals surface area contributed by atoms with Crippen LogP contribution in [0.4, 0.5) is 10.5 Å². The molecule has 1 N–H and O–H groups in total. The minimum Gasteiger partial charge on any atom is -0.338 e. The molecule has 0 aliphatic rings. The second-order valence-corrected chi connectivity index (χ2v) is 4.53. The molecule has 0 atom stereocenters. The minimum atomic E-state index is -0.593. The first-order chi connectivity index (χ1) is 9.01. The van der Waals surface area contributed by atoms with Crippen LogP contribution in [-0.2, 0) is 17.6 Å². The molecule has 0 heterocycles. The Morgan fingerprint density at radius 3 is 2.11 bits per heavy atom. The van der Waals surface area contributed by atoms with Gasteiger partial charge in [-0.25, -0.2) is 0 Å². The van der Waals surface area contributed by atoms with E-state index in [-0.39, 0.29) is 12.6 Å². The lowest BCUT2D eigenvalue weighted by Crippen LogP contribution is -2.39. The minimum absolute atomic E-state index is 0.0850. The van der Waals surface area contributed by atoms with Crippen molar-refractivity contribution in [3.63, 3.8) is 0 Å². The summed E-state index contributed by atoms with van der Waals surface area (Å²) in [4.78, 5) is 24.1. The molecular weight excluding hydrogens is 264 g/mol. The van der Waals surface area contributed by atoms with Gasteiger partial charge in [-0.1, -0.05) is 32.0 Å². The molecule has 0 fully saturated rings. The Morgan fingerprint density at radius 2 is 1.74 bits per heavy atom. The SMILES string of the molecule is CCc1cccc(CC)c1N(CNC(C)=O)C(=O)Cl. The largest absolute Gasteiger partial charge is 0.338 e. The van der Waals surface area contributed by atoms with Crippen molar-refractivity contribution in [1.82, 2.24) is 5.32 Å². The normalized spacial score (nSPS) is 10.1. The van der Waals surface area contributed by atoms with Crippen LogP contribution >= 0.6 is 11.6 Å². The number of rotatable bonds is 5. The highest BCUT2D eigenvalue weighted by atomic mass is 35.5. The Labute approximate surface area is 118 Å². The predicted molar refractivity (Wildman–Crippen MR) is 77.6 cm³/mol. The molecule has 0 aliphatic carbocycles. The lowest BCUT2D eigenvalue weighted by Gasteiger charge is -2.25. The molecule has 0 aliphatic heterocycles. The number of para-hydroxylation sites is 1. The van der Waals surface area contributed by atoms with Gasteiger partial charge in [0, 0.05) is 6.92 Å². The Bertz CT molecular complexity index is 452. The first-order valence-corrected chi connectivity index (χ1v) is 6.71. The molecule has 0 unspecified atom stereocenters. The zero-order chi connectivity index (χ0) is 14.4. The summed E-state index contributed by atoms with van der Waals surface area (Å²) in [5.41, 5.74) is 2.89. The van der Waals surface area contributed by atoms with Gasteiger partial charge < -0.3 is 5.32 Å². The van der Waals surface area contributed by atoms with Crippen molar-refractivity contribution in [3.05, 3.63) is 29.3 Å². The molecule has 19 heavy (non-hydrogen) atoms. The van der Waals surface area contributed by atoms with Crippen LogP contribution in [0, 0.1) is 0 Å². The lowest BCUT2D eigenvalue weighted by molar-refractivity contribution is -0.118. The van der Waals surface area contributed by atoms with Crippen molar-refractivity contribution in [2.24, 2.45) is 0 Å². The lowest BCUT2D eigenvalue weighted by atomic mass is 10.0. The molecule has 1 rings (SSSR count). The van der Waals surface area contributed by atoms with Crippen molar-refractivity contribution >= 4 is 28.6 Å². The summed E-state index contributed by atoms with van der Waals surface area (Å²) in [6.07, 6.45) is 1.59. The van der Waals surface area contributed by atoms with Crippen LogP contribution in [0.5, 0.6) is 0 Å². The summed E-state index contributed by atoms with van der Waals surface area (Å²) in [7, 11) is 0. The topological polar surface area (TPSA) is 49.4 Å². The number of anilines is 1. The van der Waals surface area contributed by atoms with Gasteiger partial charge in [-0.05, 0) is 35.6 Å². The second-order valence-electron chi connectivity index (χ2n) is 4.20. The van der Waals surface area contributed by atoms with Crippen molar-refractivity contribution in [1.29, 1.82) is 0 Å². The number of halogens is 1. The maximum absolute atomic E-state index is 11.6. The van der Waals surface area contributed by atoms with Crippen LogP contribution in [0.2, 0.25) is 0 Å². The summed E-state index contributed by atoms with van der Waals surface area (Å²) in [5.74, 6) is -0.199. The molecule has 0 saturated heterocycles. The molecule has 1 aromatic rings. The van der Waals surface area contributed by atoms with Crippen molar-refractivity contribution in [2.75, 3.05) is 11.6 Å². The number of aryl methyl sites for hydroxylation is 2. The third kappa shape index (κ3) is 3.96. The van der Waals surface area contributed by atoms with Crippen molar-refractivity contribution in [3.8, 4) is 0 Å². The van der Waals surface area contributed by atoms with Crippen LogP contribution in [0.1, 0.15) is 31.9 Å². The number of carbonyl (C=O) groups is 2. The summed E-state index contributed by atoms with van der Waals surface area (Å²) in [6, 6.07) is 5.90. The number of carbonyl (C=O) groups excluding carboxylic acids is 2. The van der Waals surface area contributed by atoms with E-state index in [4.69, 9.17) is 11.6 Å². The van der Waals surface area contributed by atoms with Crippen molar-refractivity contribution < 1.29 is 9.59 Å². The van der Waals surface area contributed by atoms with E-state index in [1.54, 1.807) is 0 Å². The van der Waals surface area contributed by atoms with E-state index < -0.39 is 5.37 Å². The molecule has 2 amide bonds. The van der Waals surface area contributed by atoms with Gasteiger partial charge in [-0.3, -0.25) is 14.5 Å². The summed E-state index contributed by atoms with van der Waals surface area (Å²) >= 11 is 5.66. The predicted octanol–water partition coefficient (Wildman–Crippen LogP) is 3.07. The first kappa shape index (κ1) is 15.5. The van der Waals surface area contributed by atoms with Gasteiger partial charge in [0.1, 0.15) is 0 Å². The zero-order valence-electron chi connectivity index (χ0n) is 11.5. The van der Waals surface area contributed by atoms with Gasteiger partial charge in [-0.15, -0.1) is 0 Å². The average molecular weight is 283 g/mol. The van der Waals surface area contributed by atoms with Crippen LogP contribution in [0.25, 0.3) is 0 Å². The molecule has 0 spiro atoms. The highest BCUT2D eigenvalue weighted by Crippen LogP contribution is 2.27. The summed E-state index contributed by atoms with van der Waals surface area (Å²) in [5, 5.41) is 2.02. The average Bonchev–Trinajstić information content (AvgIpc) is 2.38. The Kier molecular flexibility index (Phi) is 5.83. The number of hydrogen-bond acceptors (Lipinski definition) is 2. The Balaban J connectivity index is 3.20. The van der Waals surface area contributed by atoms with Crippen LogP contribution in [-0.4, -0.2) is 17.9 Å². The van der Waals surface area contributed by atoms with E-state index in [2.05, 4.69) is 5.32 Å². The molecule has 0 radical (unpaired) electrons. The number of benzene rings is 1. The standard InChI is InChI=1S/C14H19ClN2O2/c1-4-11-7-6-8-12(5-2)13(11)17(14(15)19)9-16-10(3)18/h6-8H,4-5,9H2,1-3H3,(H,16,18). The number of nitrogens with one attached hydrogen (secondary N) is 1. The molecular formula is C14H19ClN2O2. The van der Waals surface area contributed by atoms with Gasteiger partial charge in [0.15, 0.2) is 0 Å². The fraction of sp³-hybridized carbons (Fsp3) is 0.429. The van der Waals surface area contributed by atoms with E-state index in [9.17, 15) is 9.59 Å². The van der Waals surface area contributed by atoms with E-state index >= 15 is 0 Å². The molecule has 0 aromatic heterocycles. The van der Waals surface area contributed by atoms with Gasteiger partial charge in [0.25, 0.3) is 0 Å². The summed E-state index contributed by atoms with van der Waals surface area (Å²) in [6.45, 7) is 5.53. The number of nitrogens with zero attached hydrogens (tertiary/aromatic N) is 1. The third-order valence-electron chi connectivity index (χ3n) is 2.93. The highest BCUT2D eigenvalue weighted by Gasteiger charge is 2.19. The van der Waals surface area contributed by atoms with E-state index in [0.29, 0.717) is 0 Å². The number of amides is 2. The van der Waals surface area contributed by atoms with Crippen molar-refractivity contribution in [2.45, 2.75) is 33.6 Å². The van der Waals surface area contributed by atoms with Gasteiger partial charge >= 0.3 is 5.37 Å². The molecule has 1 aromatic carbocycles. The first-order valence-electron chi connectivity index (χ1n) is 6.33. The van der Waals surface area contributed by atoms with Crippen LogP contribution in [0.3, 0.4) is 0 Å². The van der Waals surface area contributed by atoms with E-state index in [0.717, 1.165) is 29.7 Å².